The zero-order valence-electron chi connectivity index (χ0n) is 14.1. The highest BCUT2D eigenvalue weighted by Crippen LogP contribution is 2.30. The SMILES string of the molecule is O=C(NC[C@H]1CCN(c2ccccc2)C1)c1ccc2c(c1)OCCO2. The third-order valence-corrected chi connectivity index (χ3v) is 4.76. The second-order valence-electron chi connectivity index (χ2n) is 6.50. The number of ether oxygens (including phenoxy) is 2. The van der Waals surface area contributed by atoms with Gasteiger partial charge in [0, 0.05) is 30.9 Å². The highest BCUT2D eigenvalue weighted by atomic mass is 16.6. The lowest BCUT2D eigenvalue weighted by Gasteiger charge is -2.19. The van der Waals surface area contributed by atoms with Gasteiger partial charge >= 0.3 is 0 Å². The lowest BCUT2D eigenvalue weighted by Crippen LogP contribution is -2.31. The summed E-state index contributed by atoms with van der Waals surface area (Å²) in [6.07, 6.45) is 1.09. The minimum absolute atomic E-state index is 0.0601. The quantitative estimate of drug-likeness (QED) is 0.931. The number of carbonyl (C=O) groups is 1. The summed E-state index contributed by atoms with van der Waals surface area (Å²) in [6, 6.07) is 15.8. The van der Waals surface area contributed by atoms with Gasteiger partial charge in [-0.05, 0) is 42.7 Å². The standard InChI is InChI=1S/C20H22N2O3/c23-20(16-6-7-18-19(12-16)25-11-10-24-18)21-13-15-8-9-22(14-15)17-4-2-1-3-5-17/h1-7,12,15H,8-11,13-14H2,(H,21,23)/t15-/m1/s1. The molecular weight excluding hydrogens is 316 g/mol. The van der Waals surface area contributed by atoms with Crippen LogP contribution in [0.25, 0.3) is 0 Å². The number of nitrogens with one attached hydrogen (secondary N) is 1. The molecule has 2 aromatic carbocycles. The van der Waals surface area contributed by atoms with E-state index < -0.39 is 0 Å². The first kappa shape index (κ1) is 15.8. The molecule has 5 heteroatoms. The summed E-state index contributed by atoms with van der Waals surface area (Å²) in [5.74, 6) is 1.77. The molecule has 0 unspecified atom stereocenters. The van der Waals surface area contributed by atoms with Gasteiger partial charge in [-0.3, -0.25) is 4.79 Å². The maximum absolute atomic E-state index is 12.4. The second kappa shape index (κ2) is 7.05. The number of hydrogen-bond acceptors (Lipinski definition) is 4. The van der Waals surface area contributed by atoms with Crippen molar-refractivity contribution >= 4 is 11.6 Å². The van der Waals surface area contributed by atoms with Crippen LogP contribution in [0.1, 0.15) is 16.8 Å². The molecule has 2 heterocycles. The smallest absolute Gasteiger partial charge is 0.251 e. The predicted octanol–water partition coefficient (Wildman–Crippen LogP) is 2.71. The van der Waals surface area contributed by atoms with Crippen molar-refractivity contribution in [1.82, 2.24) is 5.32 Å². The van der Waals surface area contributed by atoms with Crippen LogP contribution in [0, 0.1) is 5.92 Å². The number of fused-ring (bicyclic) bond motifs is 1. The van der Waals surface area contributed by atoms with Crippen LogP contribution in [0.3, 0.4) is 0 Å². The van der Waals surface area contributed by atoms with Crippen LogP contribution < -0.4 is 19.7 Å². The average Bonchev–Trinajstić information content (AvgIpc) is 3.15. The van der Waals surface area contributed by atoms with Crippen molar-refractivity contribution in [2.45, 2.75) is 6.42 Å². The molecule has 1 saturated heterocycles. The molecule has 2 aliphatic heterocycles. The highest BCUT2D eigenvalue weighted by molar-refractivity contribution is 5.94. The number of benzene rings is 2. The van der Waals surface area contributed by atoms with Crippen LogP contribution in [0.4, 0.5) is 5.69 Å². The number of rotatable bonds is 4. The summed E-state index contributed by atoms with van der Waals surface area (Å²) < 4.78 is 11.0. The van der Waals surface area contributed by atoms with Gasteiger partial charge in [-0.25, -0.2) is 0 Å². The Morgan fingerprint density at radius 2 is 1.88 bits per heavy atom. The molecule has 0 aromatic heterocycles. The van der Waals surface area contributed by atoms with E-state index in [1.54, 1.807) is 18.2 Å². The van der Waals surface area contributed by atoms with Crippen LogP contribution in [0.5, 0.6) is 11.5 Å². The number of para-hydroxylation sites is 1. The first-order valence-electron chi connectivity index (χ1n) is 8.77. The molecule has 0 radical (unpaired) electrons. The molecule has 1 amide bonds. The Balaban J connectivity index is 1.32. The third kappa shape index (κ3) is 3.55. The Labute approximate surface area is 147 Å². The van der Waals surface area contributed by atoms with E-state index in [9.17, 15) is 4.79 Å². The molecule has 0 aliphatic carbocycles. The van der Waals surface area contributed by atoms with Crippen molar-refractivity contribution in [1.29, 1.82) is 0 Å². The van der Waals surface area contributed by atoms with Crippen molar-refractivity contribution in [2.24, 2.45) is 5.92 Å². The third-order valence-electron chi connectivity index (χ3n) is 4.76. The normalized spacial score (nSPS) is 18.9. The van der Waals surface area contributed by atoms with Gasteiger partial charge in [-0.2, -0.15) is 0 Å². The van der Waals surface area contributed by atoms with Crippen molar-refractivity contribution in [3.05, 3.63) is 54.1 Å². The van der Waals surface area contributed by atoms with Crippen molar-refractivity contribution in [2.75, 3.05) is 37.7 Å². The van der Waals surface area contributed by atoms with Crippen molar-refractivity contribution < 1.29 is 14.3 Å². The van der Waals surface area contributed by atoms with E-state index in [1.807, 2.05) is 6.07 Å². The van der Waals surface area contributed by atoms with Crippen molar-refractivity contribution in [3.8, 4) is 11.5 Å². The highest BCUT2D eigenvalue weighted by Gasteiger charge is 2.23. The summed E-state index contributed by atoms with van der Waals surface area (Å²) in [5, 5.41) is 3.06. The Hall–Kier alpha value is -2.69. The van der Waals surface area contributed by atoms with Gasteiger partial charge in [0.1, 0.15) is 13.2 Å². The van der Waals surface area contributed by atoms with Crippen LogP contribution in [-0.2, 0) is 0 Å². The molecule has 5 nitrogen and oxygen atoms in total. The van der Waals surface area contributed by atoms with Gasteiger partial charge in [0.05, 0.1) is 0 Å². The number of hydrogen-bond donors (Lipinski definition) is 1. The van der Waals surface area contributed by atoms with Gasteiger partial charge < -0.3 is 19.7 Å². The lowest BCUT2D eigenvalue weighted by molar-refractivity contribution is 0.0947. The van der Waals surface area contributed by atoms with Gasteiger partial charge in [0.15, 0.2) is 11.5 Å². The second-order valence-corrected chi connectivity index (χ2v) is 6.50. The molecule has 0 saturated carbocycles. The molecular formula is C20H22N2O3. The first-order chi connectivity index (χ1) is 12.3. The zero-order chi connectivity index (χ0) is 17.1. The van der Waals surface area contributed by atoms with E-state index in [0.29, 0.717) is 42.7 Å². The Morgan fingerprint density at radius 3 is 2.72 bits per heavy atom. The summed E-state index contributed by atoms with van der Waals surface area (Å²) in [7, 11) is 0. The summed E-state index contributed by atoms with van der Waals surface area (Å²) >= 11 is 0. The fourth-order valence-corrected chi connectivity index (χ4v) is 3.40. The summed E-state index contributed by atoms with van der Waals surface area (Å²) in [6.45, 7) is 3.78. The van der Waals surface area contributed by atoms with E-state index in [2.05, 4.69) is 34.5 Å². The van der Waals surface area contributed by atoms with E-state index in [0.717, 1.165) is 19.5 Å². The van der Waals surface area contributed by atoms with E-state index in [4.69, 9.17) is 9.47 Å². The maximum atomic E-state index is 12.4. The van der Waals surface area contributed by atoms with Crippen LogP contribution in [-0.4, -0.2) is 38.8 Å². The van der Waals surface area contributed by atoms with Crippen LogP contribution in [0.15, 0.2) is 48.5 Å². The topological polar surface area (TPSA) is 50.8 Å². The summed E-state index contributed by atoms with van der Waals surface area (Å²) in [5.41, 5.74) is 1.87. The average molecular weight is 338 g/mol. The van der Waals surface area contributed by atoms with Gasteiger partial charge in [0.25, 0.3) is 5.91 Å². The van der Waals surface area contributed by atoms with Crippen molar-refractivity contribution in [3.63, 3.8) is 0 Å². The predicted molar refractivity (Wildman–Crippen MR) is 96.5 cm³/mol. The zero-order valence-corrected chi connectivity index (χ0v) is 14.1. The molecule has 2 aliphatic rings. The monoisotopic (exact) mass is 338 g/mol. The maximum Gasteiger partial charge on any atom is 0.251 e. The number of amides is 1. The molecule has 0 spiro atoms. The van der Waals surface area contributed by atoms with E-state index >= 15 is 0 Å². The Bertz CT molecular complexity index is 748. The fourth-order valence-electron chi connectivity index (χ4n) is 3.40. The van der Waals surface area contributed by atoms with Gasteiger partial charge in [-0.15, -0.1) is 0 Å². The molecule has 2 aromatic rings. The summed E-state index contributed by atoms with van der Waals surface area (Å²) in [4.78, 5) is 14.8. The van der Waals surface area contributed by atoms with Gasteiger partial charge in [0.2, 0.25) is 0 Å². The Kier molecular flexibility index (Phi) is 4.46. The number of carbonyl (C=O) groups excluding carboxylic acids is 1. The van der Waals surface area contributed by atoms with E-state index in [-0.39, 0.29) is 5.91 Å². The Morgan fingerprint density at radius 1 is 1.08 bits per heavy atom. The minimum Gasteiger partial charge on any atom is -0.486 e. The number of nitrogens with zero attached hydrogens (tertiary/aromatic N) is 1. The molecule has 0 bridgehead atoms. The lowest BCUT2D eigenvalue weighted by atomic mass is 10.1. The molecule has 130 valence electrons. The minimum atomic E-state index is -0.0601. The fraction of sp³-hybridized carbons (Fsp3) is 0.350. The molecule has 1 fully saturated rings. The molecule has 1 N–H and O–H groups in total. The largest absolute Gasteiger partial charge is 0.486 e. The number of anilines is 1. The van der Waals surface area contributed by atoms with E-state index in [1.165, 1.54) is 5.69 Å². The molecule has 4 rings (SSSR count). The molecule has 25 heavy (non-hydrogen) atoms. The molecule has 1 atom stereocenters. The first-order valence-corrected chi connectivity index (χ1v) is 8.77. The van der Waals surface area contributed by atoms with Gasteiger partial charge in [-0.1, -0.05) is 18.2 Å². The van der Waals surface area contributed by atoms with Crippen LogP contribution >= 0.6 is 0 Å². The van der Waals surface area contributed by atoms with Crippen LogP contribution in [0.2, 0.25) is 0 Å².